The number of unbranched alkanes of at least 4 members (excludes halogenated alkanes) is 1. The molecule has 0 radical (unpaired) electrons. The summed E-state index contributed by atoms with van der Waals surface area (Å²) in [4.78, 5) is 0. The Kier molecular flexibility index (Phi) is 8.71. The number of hydrogen-bond donors (Lipinski definition) is 0. The average molecular weight is 277 g/mol. The lowest BCUT2D eigenvalue weighted by Crippen LogP contribution is -3.00. The zero-order chi connectivity index (χ0) is 10.2. The van der Waals surface area contributed by atoms with Crippen LogP contribution in [0.1, 0.15) is 26.2 Å². The van der Waals surface area contributed by atoms with Crippen LogP contribution in [-0.4, -0.2) is 18.3 Å². The molecule has 0 saturated heterocycles. The van der Waals surface area contributed by atoms with E-state index in [-0.39, 0.29) is 17.0 Å². The van der Waals surface area contributed by atoms with Gasteiger partial charge < -0.3 is 21.7 Å². The monoisotopic (exact) mass is 276 g/mol. The van der Waals surface area contributed by atoms with Crippen molar-refractivity contribution < 1.29 is 26.3 Å². The number of nitrogens with zero attached hydrogens (tertiary/aromatic N) is 2. The minimum Gasteiger partial charge on any atom is -1.00 e. The molecule has 0 spiro atoms. The number of hydrogen-bond acceptors (Lipinski definition) is 1. The predicted octanol–water partition coefficient (Wildman–Crippen LogP) is -1.38. The Bertz CT molecular complexity index is 250. The lowest BCUT2D eigenvalue weighted by Gasteiger charge is -1.95. The first-order chi connectivity index (χ1) is 6.86. The van der Waals surface area contributed by atoms with E-state index in [0.29, 0.717) is 0 Å². The Hall–Kier alpha value is -0.350. The highest BCUT2D eigenvalue weighted by Crippen LogP contribution is 1.93. The summed E-state index contributed by atoms with van der Waals surface area (Å²) < 4.78 is 9.48. The smallest absolute Gasteiger partial charge is 0.243 e. The molecule has 0 fully saturated rings. The van der Waals surface area contributed by atoms with E-state index in [0.717, 1.165) is 26.1 Å². The van der Waals surface area contributed by atoms with Crippen LogP contribution in [0.15, 0.2) is 18.7 Å². The molecular weight excluding hydrogens is 256 g/mol. The Morgan fingerprint density at radius 1 is 1.33 bits per heavy atom. The molecule has 0 N–H and O–H groups in total. The molecule has 0 aliphatic rings. The molecule has 0 aliphatic carbocycles. The van der Waals surface area contributed by atoms with Gasteiger partial charge in [0.1, 0.15) is 12.4 Å². The number of rotatable bonds is 7. The minimum atomic E-state index is 0. The number of imidazole rings is 1. The van der Waals surface area contributed by atoms with E-state index in [1.165, 1.54) is 12.8 Å². The summed E-state index contributed by atoms with van der Waals surface area (Å²) in [6.07, 6.45) is 10.0. The fourth-order valence-electron chi connectivity index (χ4n) is 1.44. The van der Waals surface area contributed by atoms with Crippen molar-refractivity contribution in [3.05, 3.63) is 18.7 Å². The van der Waals surface area contributed by atoms with Gasteiger partial charge in [-0.1, -0.05) is 13.3 Å². The Balaban J connectivity index is 0.00000196. The van der Waals surface area contributed by atoms with Crippen molar-refractivity contribution in [2.45, 2.75) is 39.3 Å². The van der Waals surface area contributed by atoms with Gasteiger partial charge in [0.2, 0.25) is 6.33 Å². The number of aryl methyl sites for hydroxylation is 2. The molecule has 88 valence electrons. The second kappa shape index (κ2) is 8.92. The maximum atomic E-state index is 5.02. The van der Waals surface area contributed by atoms with Crippen molar-refractivity contribution in [2.24, 2.45) is 0 Å². The molecular formula is C11H21BrN2O. The molecule has 1 rings (SSSR count). The van der Waals surface area contributed by atoms with Gasteiger partial charge >= 0.3 is 0 Å². The van der Waals surface area contributed by atoms with E-state index in [1.54, 1.807) is 7.11 Å². The summed E-state index contributed by atoms with van der Waals surface area (Å²) in [6, 6.07) is 0. The third-order valence-corrected chi connectivity index (χ3v) is 2.28. The maximum absolute atomic E-state index is 5.02. The van der Waals surface area contributed by atoms with Crippen LogP contribution in [-0.2, 0) is 17.8 Å². The number of aromatic nitrogens is 2. The molecule has 0 amide bonds. The quantitative estimate of drug-likeness (QED) is 0.444. The number of ether oxygens (including phenoxy) is 1. The van der Waals surface area contributed by atoms with Gasteiger partial charge in [-0.05, 0) is 6.42 Å². The fourth-order valence-corrected chi connectivity index (χ4v) is 1.44. The van der Waals surface area contributed by atoms with Crippen LogP contribution in [0.4, 0.5) is 0 Å². The second-order valence-corrected chi connectivity index (χ2v) is 3.59. The van der Waals surface area contributed by atoms with Crippen LogP contribution in [0.2, 0.25) is 0 Å². The summed E-state index contributed by atoms with van der Waals surface area (Å²) in [5.74, 6) is 0. The topological polar surface area (TPSA) is 18.0 Å². The van der Waals surface area contributed by atoms with E-state index in [2.05, 4.69) is 34.8 Å². The van der Waals surface area contributed by atoms with Crippen molar-refractivity contribution in [3.63, 3.8) is 0 Å². The summed E-state index contributed by atoms with van der Waals surface area (Å²) in [7, 11) is 1.75. The molecule has 4 heteroatoms. The molecule has 0 atom stereocenters. The number of methoxy groups -OCH3 is 1. The fraction of sp³-hybridized carbons (Fsp3) is 0.727. The molecule has 0 unspecified atom stereocenters. The summed E-state index contributed by atoms with van der Waals surface area (Å²) >= 11 is 0. The normalized spacial score (nSPS) is 10.0. The Morgan fingerprint density at radius 3 is 2.80 bits per heavy atom. The van der Waals surface area contributed by atoms with E-state index < -0.39 is 0 Å². The molecule has 1 aromatic rings. The van der Waals surface area contributed by atoms with Crippen LogP contribution >= 0.6 is 0 Å². The number of halogens is 1. The third kappa shape index (κ3) is 5.95. The van der Waals surface area contributed by atoms with Crippen molar-refractivity contribution in [1.29, 1.82) is 0 Å². The van der Waals surface area contributed by atoms with Gasteiger partial charge in [0.05, 0.1) is 13.1 Å². The highest BCUT2D eigenvalue weighted by atomic mass is 79.9. The van der Waals surface area contributed by atoms with Crippen molar-refractivity contribution >= 4 is 0 Å². The highest BCUT2D eigenvalue weighted by molar-refractivity contribution is 4.65. The van der Waals surface area contributed by atoms with E-state index in [4.69, 9.17) is 4.74 Å². The maximum Gasteiger partial charge on any atom is 0.243 e. The van der Waals surface area contributed by atoms with Crippen molar-refractivity contribution in [2.75, 3.05) is 13.7 Å². The summed E-state index contributed by atoms with van der Waals surface area (Å²) in [6.45, 7) is 5.24. The third-order valence-electron chi connectivity index (χ3n) is 2.28. The largest absolute Gasteiger partial charge is 1.00 e. The van der Waals surface area contributed by atoms with E-state index in [9.17, 15) is 0 Å². The zero-order valence-electron chi connectivity index (χ0n) is 9.66. The minimum absolute atomic E-state index is 0. The van der Waals surface area contributed by atoms with Crippen LogP contribution < -0.4 is 21.5 Å². The van der Waals surface area contributed by atoms with Crippen LogP contribution in [0.5, 0.6) is 0 Å². The summed E-state index contributed by atoms with van der Waals surface area (Å²) in [5.41, 5.74) is 0. The zero-order valence-corrected chi connectivity index (χ0v) is 11.2. The molecule has 0 bridgehead atoms. The van der Waals surface area contributed by atoms with Gasteiger partial charge in [0, 0.05) is 20.1 Å². The summed E-state index contributed by atoms with van der Waals surface area (Å²) in [5, 5.41) is 0. The van der Waals surface area contributed by atoms with Gasteiger partial charge in [0.15, 0.2) is 0 Å². The van der Waals surface area contributed by atoms with Gasteiger partial charge in [-0.25, -0.2) is 9.13 Å². The Morgan fingerprint density at radius 2 is 2.13 bits per heavy atom. The molecule has 1 aromatic heterocycles. The van der Waals surface area contributed by atoms with Crippen LogP contribution in [0, 0.1) is 0 Å². The predicted molar refractivity (Wildman–Crippen MR) is 56.0 cm³/mol. The molecule has 0 aliphatic heterocycles. The molecule has 0 saturated carbocycles. The van der Waals surface area contributed by atoms with Gasteiger partial charge in [-0.3, -0.25) is 0 Å². The standard InChI is InChI=1S/C11H21N2O.BrH/c1-3-4-6-12-8-9-13(11-12)7-5-10-14-2;/h8-9,11H,3-7,10H2,1-2H3;1H/q+1;/p-1. The van der Waals surface area contributed by atoms with E-state index in [1.807, 2.05) is 0 Å². The molecule has 15 heavy (non-hydrogen) atoms. The van der Waals surface area contributed by atoms with Crippen LogP contribution in [0.3, 0.4) is 0 Å². The second-order valence-electron chi connectivity index (χ2n) is 3.59. The lowest BCUT2D eigenvalue weighted by molar-refractivity contribution is -0.697. The first-order valence-corrected chi connectivity index (χ1v) is 5.40. The van der Waals surface area contributed by atoms with Gasteiger partial charge in [-0.2, -0.15) is 0 Å². The first kappa shape index (κ1) is 14.6. The van der Waals surface area contributed by atoms with Gasteiger partial charge in [-0.15, -0.1) is 0 Å². The van der Waals surface area contributed by atoms with Crippen LogP contribution in [0.25, 0.3) is 0 Å². The highest BCUT2D eigenvalue weighted by Gasteiger charge is 2.01. The molecule has 0 aromatic carbocycles. The van der Waals surface area contributed by atoms with Crippen molar-refractivity contribution in [3.8, 4) is 0 Å². The SMILES string of the molecule is CCCCn1cc[n+](CCCOC)c1.[Br-]. The first-order valence-electron chi connectivity index (χ1n) is 5.40. The Labute approximate surface area is 103 Å². The van der Waals surface area contributed by atoms with E-state index >= 15 is 0 Å². The molecule has 1 heterocycles. The lowest BCUT2D eigenvalue weighted by atomic mass is 10.3. The molecule has 3 nitrogen and oxygen atoms in total. The van der Waals surface area contributed by atoms with Crippen molar-refractivity contribution in [1.82, 2.24) is 4.57 Å². The average Bonchev–Trinajstić information content (AvgIpc) is 2.63. The van der Waals surface area contributed by atoms with Gasteiger partial charge in [0.25, 0.3) is 0 Å².